The fourth-order valence-corrected chi connectivity index (χ4v) is 4.71. The summed E-state index contributed by atoms with van der Waals surface area (Å²) in [4.78, 5) is 20.0. The maximum Gasteiger partial charge on any atom is 0.249 e. The second-order valence-electron chi connectivity index (χ2n) is 9.60. The van der Waals surface area contributed by atoms with Gasteiger partial charge in [-0.05, 0) is 48.4 Å². The van der Waals surface area contributed by atoms with Gasteiger partial charge in [0.25, 0.3) is 0 Å². The van der Waals surface area contributed by atoms with Gasteiger partial charge in [0.1, 0.15) is 23.8 Å². The minimum Gasteiger partial charge on any atom is -0.485 e. The van der Waals surface area contributed by atoms with Gasteiger partial charge in [-0.25, -0.2) is 9.37 Å². The van der Waals surface area contributed by atoms with Gasteiger partial charge in [-0.15, -0.1) is 0 Å². The molecule has 10 heteroatoms. The zero-order valence-corrected chi connectivity index (χ0v) is 22.0. The first-order chi connectivity index (χ1) is 19.3. The number of rotatable bonds is 10. The highest BCUT2D eigenvalue weighted by Crippen LogP contribution is 2.35. The standard InChI is InChI=1S/C30H31FN6O3/c1-2-17-13-23(26(31)25(14-17)40-20-11-12-39-16-20)27(36-19-9-7-18(8-10-19)28(32)33)30-35-15-24(37-30)21-5-3-4-6-22(21)29(34)38/h3-10,13-15,20,27,36H,2,11-12,16H2,1H3,(H3,32,33)(H2,34,38)(H,35,37)/t20-,27?/m0/s1. The van der Waals surface area contributed by atoms with Gasteiger partial charge in [0.05, 0.1) is 18.9 Å². The summed E-state index contributed by atoms with van der Waals surface area (Å²) in [6, 6.07) is 16.7. The summed E-state index contributed by atoms with van der Waals surface area (Å²) in [5.74, 6) is -0.537. The number of amides is 1. The van der Waals surface area contributed by atoms with Gasteiger partial charge in [0.15, 0.2) is 11.6 Å². The Morgan fingerprint density at radius 1 is 1.23 bits per heavy atom. The highest BCUT2D eigenvalue weighted by molar-refractivity contribution is 5.99. The number of halogens is 1. The van der Waals surface area contributed by atoms with Crippen molar-refractivity contribution in [3.05, 3.63) is 101 Å². The summed E-state index contributed by atoms with van der Waals surface area (Å²) < 4.78 is 27.7. The average molecular weight is 543 g/mol. The lowest BCUT2D eigenvalue weighted by molar-refractivity contribution is 0.100. The normalized spacial score (nSPS) is 15.5. The van der Waals surface area contributed by atoms with E-state index in [2.05, 4.69) is 10.3 Å². The summed E-state index contributed by atoms with van der Waals surface area (Å²) in [7, 11) is 0. The molecular formula is C30H31FN6O3. The maximum absolute atomic E-state index is 16.2. The number of hydrogen-bond acceptors (Lipinski definition) is 6. The second kappa shape index (κ2) is 11.6. The number of nitrogens with one attached hydrogen (secondary N) is 3. The minimum absolute atomic E-state index is 0.0498. The van der Waals surface area contributed by atoms with Gasteiger partial charge in [-0.3, -0.25) is 10.2 Å². The van der Waals surface area contributed by atoms with E-state index in [0.29, 0.717) is 65.5 Å². The zero-order valence-electron chi connectivity index (χ0n) is 22.0. The summed E-state index contributed by atoms with van der Waals surface area (Å²) in [6.45, 7) is 2.99. The molecule has 40 heavy (non-hydrogen) atoms. The fourth-order valence-electron chi connectivity index (χ4n) is 4.71. The van der Waals surface area contributed by atoms with Crippen LogP contribution in [0.1, 0.15) is 52.3 Å². The molecule has 206 valence electrons. The lowest BCUT2D eigenvalue weighted by Crippen LogP contribution is -2.20. The van der Waals surface area contributed by atoms with Crippen molar-refractivity contribution in [2.45, 2.75) is 31.9 Å². The Balaban J connectivity index is 1.59. The van der Waals surface area contributed by atoms with Gasteiger partial charge in [-0.2, -0.15) is 0 Å². The number of carbonyl (C=O) groups excluding carboxylic acids is 1. The number of hydrogen-bond donors (Lipinski definition) is 5. The van der Waals surface area contributed by atoms with E-state index in [0.717, 1.165) is 5.56 Å². The van der Waals surface area contributed by atoms with Crippen molar-refractivity contribution in [1.82, 2.24) is 9.97 Å². The summed E-state index contributed by atoms with van der Waals surface area (Å²) in [6.07, 6.45) is 2.80. The third-order valence-corrected chi connectivity index (χ3v) is 6.87. The average Bonchev–Trinajstić information content (AvgIpc) is 3.66. The van der Waals surface area contributed by atoms with Crippen LogP contribution in [0.15, 0.2) is 66.9 Å². The number of H-pyrrole nitrogens is 1. The lowest BCUT2D eigenvalue weighted by Gasteiger charge is -2.22. The third-order valence-electron chi connectivity index (χ3n) is 6.87. The van der Waals surface area contributed by atoms with Crippen molar-refractivity contribution >= 4 is 17.4 Å². The van der Waals surface area contributed by atoms with Crippen molar-refractivity contribution in [1.29, 1.82) is 5.41 Å². The molecule has 9 nitrogen and oxygen atoms in total. The van der Waals surface area contributed by atoms with Gasteiger partial charge >= 0.3 is 0 Å². The molecule has 2 heterocycles. The summed E-state index contributed by atoms with van der Waals surface area (Å²) in [5, 5.41) is 11.1. The number of anilines is 1. The molecule has 1 aliphatic heterocycles. The molecule has 1 saturated heterocycles. The molecule has 4 aromatic rings. The number of imidazole rings is 1. The predicted molar refractivity (Wildman–Crippen MR) is 151 cm³/mol. The quantitative estimate of drug-likeness (QED) is 0.147. The molecule has 1 amide bonds. The molecule has 7 N–H and O–H groups in total. The topological polar surface area (TPSA) is 152 Å². The highest BCUT2D eigenvalue weighted by Gasteiger charge is 2.27. The highest BCUT2D eigenvalue weighted by atomic mass is 19.1. The van der Waals surface area contributed by atoms with Crippen molar-refractivity contribution in [3.63, 3.8) is 0 Å². The largest absolute Gasteiger partial charge is 0.485 e. The van der Waals surface area contributed by atoms with Crippen molar-refractivity contribution in [3.8, 4) is 17.0 Å². The summed E-state index contributed by atoms with van der Waals surface area (Å²) in [5.41, 5.74) is 15.1. The molecule has 1 fully saturated rings. The number of primary amides is 1. The van der Waals surface area contributed by atoms with Crippen molar-refractivity contribution < 1.29 is 18.7 Å². The molecule has 1 aromatic heterocycles. The van der Waals surface area contributed by atoms with Gasteiger partial charge in [0.2, 0.25) is 5.91 Å². The van der Waals surface area contributed by atoms with Gasteiger partial charge in [0, 0.05) is 40.6 Å². The van der Waals surface area contributed by atoms with Crippen molar-refractivity contribution in [2.75, 3.05) is 18.5 Å². The SMILES string of the molecule is CCc1cc(O[C@H]2CCOC2)c(F)c(C(Nc2ccc(C(=N)N)cc2)c2nc(-c3ccccc3C(N)=O)c[nH]2)c1. The second-order valence-corrected chi connectivity index (χ2v) is 9.60. The van der Waals surface area contributed by atoms with E-state index >= 15 is 4.39 Å². The molecule has 3 aromatic carbocycles. The Labute approximate surface area is 231 Å². The van der Waals surface area contributed by atoms with Crippen LogP contribution in [0.2, 0.25) is 0 Å². The molecule has 0 spiro atoms. The number of aryl methyl sites for hydroxylation is 1. The molecule has 0 radical (unpaired) electrons. The van der Waals surface area contributed by atoms with E-state index in [-0.39, 0.29) is 17.7 Å². The van der Waals surface area contributed by atoms with E-state index in [1.807, 2.05) is 6.92 Å². The number of ether oxygens (including phenoxy) is 2. The number of nitrogens with zero attached hydrogens (tertiary/aromatic N) is 1. The first-order valence-corrected chi connectivity index (χ1v) is 13.1. The van der Waals surface area contributed by atoms with E-state index < -0.39 is 17.8 Å². The monoisotopic (exact) mass is 542 g/mol. The molecule has 1 unspecified atom stereocenters. The Bertz CT molecular complexity index is 1530. The van der Waals surface area contributed by atoms with Crippen LogP contribution in [-0.2, 0) is 11.2 Å². The number of nitrogen functional groups attached to an aromatic ring is 1. The minimum atomic E-state index is -0.758. The first-order valence-electron chi connectivity index (χ1n) is 13.1. The number of aromatic amines is 1. The zero-order chi connectivity index (χ0) is 28.2. The molecule has 2 atom stereocenters. The smallest absolute Gasteiger partial charge is 0.249 e. The number of amidine groups is 1. The number of aromatic nitrogens is 2. The van der Waals surface area contributed by atoms with Crippen LogP contribution < -0.4 is 21.5 Å². The van der Waals surface area contributed by atoms with Crippen LogP contribution >= 0.6 is 0 Å². The van der Waals surface area contributed by atoms with Crippen LogP contribution in [-0.4, -0.2) is 41.0 Å². The predicted octanol–water partition coefficient (Wildman–Crippen LogP) is 4.53. The fraction of sp³-hybridized carbons (Fsp3) is 0.233. The van der Waals surface area contributed by atoms with Gasteiger partial charge < -0.3 is 31.2 Å². The summed E-state index contributed by atoms with van der Waals surface area (Å²) >= 11 is 0. The molecule has 0 saturated carbocycles. The Morgan fingerprint density at radius 3 is 2.67 bits per heavy atom. The van der Waals surface area contributed by atoms with E-state index in [4.69, 9.17) is 31.3 Å². The number of carbonyl (C=O) groups is 1. The molecule has 5 rings (SSSR count). The Morgan fingerprint density at radius 2 is 2.00 bits per heavy atom. The molecule has 1 aliphatic rings. The molecular weight excluding hydrogens is 511 g/mol. The van der Waals surface area contributed by atoms with Crippen LogP contribution in [0.4, 0.5) is 10.1 Å². The number of benzene rings is 3. The van der Waals surface area contributed by atoms with Crippen LogP contribution in [0.5, 0.6) is 5.75 Å². The maximum atomic E-state index is 16.2. The van der Waals surface area contributed by atoms with Crippen LogP contribution in [0, 0.1) is 11.2 Å². The van der Waals surface area contributed by atoms with Gasteiger partial charge in [-0.1, -0.05) is 31.2 Å². The third kappa shape index (κ3) is 5.67. The Kier molecular flexibility index (Phi) is 7.79. The van der Waals surface area contributed by atoms with E-state index in [1.54, 1.807) is 66.9 Å². The first kappa shape index (κ1) is 26.9. The van der Waals surface area contributed by atoms with Crippen LogP contribution in [0.25, 0.3) is 11.3 Å². The van der Waals surface area contributed by atoms with E-state index in [9.17, 15) is 4.79 Å². The Hall–Kier alpha value is -4.70. The number of nitrogens with two attached hydrogens (primary N) is 2. The van der Waals surface area contributed by atoms with Crippen molar-refractivity contribution in [2.24, 2.45) is 11.5 Å². The lowest BCUT2D eigenvalue weighted by atomic mass is 9.99. The van der Waals surface area contributed by atoms with Crippen LogP contribution in [0.3, 0.4) is 0 Å². The van der Waals surface area contributed by atoms with E-state index in [1.165, 1.54) is 0 Å². The molecule has 0 bridgehead atoms. The molecule has 0 aliphatic carbocycles.